The molecular weight excluding hydrogens is 472 g/mol. The highest BCUT2D eigenvalue weighted by Crippen LogP contribution is 2.35. The molecule has 5 aromatic rings. The van der Waals surface area contributed by atoms with Crippen molar-refractivity contribution >= 4 is 33.3 Å². The number of nitrogens with zero attached hydrogens (tertiary/aromatic N) is 3. The molecule has 0 aliphatic rings. The smallest absolute Gasteiger partial charge is 0.258 e. The van der Waals surface area contributed by atoms with E-state index in [2.05, 4.69) is 21.4 Å². The standard InChI is InChI=1S/C28H24N4O3S/c1-16-11-17(2)26-20(12-16)21(14-23(30-26)18-7-9-29-10-8-18)27(33)32-28-31-24(15-36-28)22-13-19(34-3)5-6-25(22)35-4/h5-15H,1-4H3,(H,31,32,33). The average Bonchev–Trinajstić information content (AvgIpc) is 3.36. The van der Waals surface area contributed by atoms with Crippen molar-refractivity contribution in [3.63, 3.8) is 0 Å². The maximum atomic E-state index is 13.6. The van der Waals surface area contributed by atoms with Crippen LogP contribution < -0.4 is 14.8 Å². The number of aryl methyl sites for hydroxylation is 2. The van der Waals surface area contributed by atoms with E-state index in [0.29, 0.717) is 33.6 Å². The van der Waals surface area contributed by atoms with Crippen LogP contribution in [0.2, 0.25) is 0 Å². The highest BCUT2D eigenvalue weighted by Gasteiger charge is 2.18. The summed E-state index contributed by atoms with van der Waals surface area (Å²) in [7, 11) is 3.22. The van der Waals surface area contributed by atoms with E-state index < -0.39 is 0 Å². The number of fused-ring (bicyclic) bond motifs is 1. The second-order valence-corrected chi connectivity index (χ2v) is 9.19. The lowest BCUT2D eigenvalue weighted by molar-refractivity contribution is 0.102. The van der Waals surface area contributed by atoms with E-state index in [-0.39, 0.29) is 5.91 Å². The number of carbonyl (C=O) groups excluding carboxylic acids is 1. The number of pyridine rings is 2. The van der Waals surface area contributed by atoms with Gasteiger partial charge in [-0.3, -0.25) is 15.1 Å². The Kier molecular flexibility index (Phi) is 6.35. The molecule has 180 valence electrons. The topological polar surface area (TPSA) is 86.2 Å². The van der Waals surface area contributed by atoms with Crippen molar-refractivity contribution in [1.82, 2.24) is 15.0 Å². The molecule has 3 heterocycles. The number of methoxy groups -OCH3 is 2. The molecule has 1 N–H and O–H groups in total. The van der Waals surface area contributed by atoms with Crippen molar-refractivity contribution in [3.05, 3.63) is 83.0 Å². The second kappa shape index (κ2) is 9.75. The Bertz CT molecular complexity index is 1580. The number of amides is 1. The zero-order chi connectivity index (χ0) is 25.2. The second-order valence-electron chi connectivity index (χ2n) is 8.33. The van der Waals surface area contributed by atoms with Gasteiger partial charge in [-0.15, -0.1) is 11.3 Å². The fraction of sp³-hybridized carbons (Fsp3) is 0.143. The summed E-state index contributed by atoms with van der Waals surface area (Å²) in [4.78, 5) is 27.2. The molecule has 5 rings (SSSR count). The van der Waals surface area contributed by atoms with E-state index in [1.54, 1.807) is 26.6 Å². The zero-order valence-electron chi connectivity index (χ0n) is 20.3. The number of thiazole rings is 1. The van der Waals surface area contributed by atoms with Crippen molar-refractivity contribution in [1.29, 1.82) is 0 Å². The van der Waals surface area contributed by atoms with Crippen LogP contribution in [0.1, 0.15) is 21.5 Å². The molecule has 0 saturated heterocycles. The van der Waals surface area contributed by atoms with Gasteiger partial charge in [0.05, 0.1) is 36.7 Å². The van der Waals surface area contributed by atoms with Crippen LogP contribution in [0.3, 0.4) is 0 Å². The first-order valence-electron chi connectivity index (χ1n) is 11.3. The van der Waals surface area contributed by atoms with E-state index in [1.807, 2.05) is 61.7 Å². The molecule has 36 heavy (non-hydrogen) atoms. The van der Waals surface area contributed by atoms with Crippen LogP contribution >= 0.6 is 11.3 Å². The van der Waals surface area contributed by atoms with Gasteiger partial charge in [0.1, 0.15) is 11.5 Å². The number of aromatic nitrogens is 3. The number of benzene rings is 2. The predicted molar refractivity (Wildman–Crippen MR) is 143 cm³/mol. The molecule has 0 saturated carbocycles. The average molecular weight is 497 g/mol. The molecule has 1 amide bonds. The van der Waals surface area contributed by atoms with Gasteiger partial charge in [-0.1, -0.05) is 11.6 Å². The van der Waals surface area contributed by atoms with Crippen LogP contribution in [-0.2, 0) is 0 Å². The minimum Gasteiger partial charge on any atom is -0.497 e. The Hall–Kier alpha value is -4.30. The summed E-state index contributed by atoms with van der Waals surface area (Å²) in [5.41, 5.74) is 6.48. The van der Waals surface area contributed by atoms with Crippen LogP contribution in [-0.4, -0.2) is 35.1 Å². The fourth-order valence-electron chi connectivity index (χ4n) is 4.17. The minimum absolute atomic E-state index is 0.249. The molecular formula is C28H24N4O3S. The molecule has 2 aromatic carbocycles. The predicted octanol–water partition coefficient (Wildman–Crippen LogP) is 6.31. The van der Waals surface area contributed by atoms with E-state index in [0.717, 1.165) is 33.2 Å². The number of carbonyl (C=O) groups is 1. The van der Waals surface area contributed by atoms with Crippen LogP contribution in [0.5, 0.6) is 11.5 Å². The number of rotatable bonds is 6. The molecule has 0 unspecified atom stereocenters. The van der Waals surface area contributed by atoms with Crippen molar-refractivity contribution in [3.8, 4) is 34.0 Å². The Balaban J connectivity index is 1.54. The first-order chi connectivity index (χ1) is 17.5. The summed E-state index contributed by atoms with van der Waals surface area (Å²) in [5, 5.41) is 6.15. The van der Waals surface area contributed by atoms with Gasteiger partial charge in [0, 0.05) is 34.3 Å². The summed E-state index contributed by atoms with van der Waals surface area (Å²) in [6.07, 6.45) is 3.43. The minimum atomic E-state index is -0.249. The first-order valence-corrected chi connectivity index (χ1v) is 12.2. The van der Waals surface area contributed by atoms with Gasteiger partial charge < -0.3 is 9.47 Å². The highest BCUT2D eigenvalue weighted by molar-refractivity contribution is 7.14. The Morgan fingerprint density at radius 2 is 1.72 bits per heavy atom. The Morgan fingerprint density at radius 3 is 2.47 bits per heavy atom. The van der Waals surface area contributed by atoms with Gasteiger partial charge in [-0.2, -0.15) is 0 Å². The number of anilines is 1. The van der Waals surface area contributed by atoms with Crippen molar-refractivity contribution in [2.45, 2.75) is 13.8 Å². The first kappa shape index (κ1) is 23.4. The third kappa shape index (κ3) is 4.50. The molecule has 0 fully saturated rings. The summed E-state index contributed by atoms with van der Waals surface area (Å²) in [6.45, 7) is 4.02. The van der Waals surface area contributed by atoms with Crippen LogP contribution in [0.4, 0.5) is 5.13 Å². The van der Waals surface area contributed by atoms with Crippen LogP contribution in [0, 0.1) is 13.8 Å². The van der Waals surface area contributed by atoms with Crippen LogP contribution in [0.15, 0.2) is 66.3 Å². The van der Waals surface area contributed by atoms with Crippen LogP contribution in [0.25, 0.3) is 33.4 Å². The molecule has 3 aromatic heterocycles. The summed E-state index contributed by atoms with van der Waals surface area (Å²) < 4.78 is 10.8. The maximum absolute atomic E-state index is 13.6. The van der Waals surface area contributed by atoms with Crippen molar-refractivity contribution < 1.29 is 14.3 Å². The molecule has 0 spiro atoms. The normalized spacial score (nSPS) is 10.9. The van der Waals surface area contributed by atoms with Crippen molar-refractivity contribution in [2.75, 3.05) is 19.5 Å². The van der Waals surface area contributed by atoms with Gasteiger partial charge >= 0.3 is 0 Å². The lowest BCUT2D eigenvalue weighted by Crippen LogP contribution is -2.13. The van der Waals surface area contributed by atoms with Gasteiger partial charge in [0.2, 0.25) is 0 Å². The van der Waals surface area contributed by atoms with Gasteiger partial charge in [0.25, 0.3) is 5.91 Å². The zero-order valence-corrected chi connectivity index (χ0v) is 21.1. The SMILES string of the molecule is COc1ccc(OC)c(-c2csc(NC(=O)c3cc(-c4ccncc4)nc4c(C)cc(C)cc34)n2)c1. The molecule has 0 radical (unpaired) electrons. The summed E-state index contributed by atoms with van der Waals surface area (Å²) >= 11 is 1.35. The van der Waals surface area contributed by atoms with E-state index in [4.69, 9.17) is 14.5 Å². The molecule has 0 aliphatic carbocycles. The number of ether oxygens (including phenoxy) is 2. The van der Waals surface area contributed by atoms with E-state index >= 15 is 0 Å². The molecule has 0 atom stereocenters. The Morgan fingerprint density at radius 1 is 0.917 bits per heavy atom. The van der Waals surface area contributed by atoms with Gasteiger partial charge in [0.15, 0.2) is 5.13 Å². The number of hydrogen-bond donors (Lipinski definition) is 1. The van der Waals surface area contributed by atoms with Gasteiger partial charge in [-0.25, -0.2) is 9.97 Å². The third-order valence-electron chi connectivity index (χ3n) is 5.88. The van der Waals surface area contributed by atoms with E-state index in [1.165, 1.54) is 11.3 Å². The summed E-state index contributed by atoms with van der Waals surface area (Å²) in [6, 6.07) is 15.2. The molecule has 0 bridgehead atoms. The fourth-order valence-corrected chi connectivity index (χ4v) is 4.88. The third-order valence-corrected chi connectivity index (χ3v) is 6.63. The number of hydrogen-bond acceptors (Lipinski definition) is 7. The maximum Gasteiger partial charge on any atom is 0.258 e. The largest absolute Gasteiger partial charge is 0.497 e. The number of nitrogens with one attached hydrogen (secondary N) is 1. The quantitative estimate of drug-likeness (QED) is 0.297. The highest BCUT2D eigenvalue weighted by atomic mass is 32.1. The lowest BCUT2D eigenvalue weighted by Gasteiger charge is -2.12. The molecule has 7 nitrogen and oxygen atoms in total. The monoisotopic (exact) mass is 496 g/mol. The van der Waals surface area contributed by atoms with Gasteiger partial charge in [-0.05, 0) is 61.9 Å². The lowest BCUT2D eigenvalue weighted by atomic mass is 9.99. The molecule has 8 heteroatoms. The Labute approximate surface area is 212 Å². The molecule has 0 aliphatic heterocycles. The summed E-state index contributed by atoms with van der Waals surface area (Å²) in [5.74, 6) is 1.12. The van der Waals surface area contributed by atoms with Crippen molar-refractivity contribution in [2.24, 2.45) is 0 Å². The van der Waals surface area contributed by atoms with E-state index in [9.17, 15) is 4.79 Å².